The first-order valence-electron chi connectivity index (χ1n) is 4.81. The highest BCUT2D eigenvalue weighted by Crippen LogP contribution is 1.99. The van der Waals surface area contributed by atoms with Gasteiger partial charge in [-0.25, -0.2) is 9.59 Å². The van der Waals surface area contributed by atoms with Crippen molar-refractivity contribution in [2.24, 2.45) is 5.73 Å². The van der Waals surface area contributed by atoms with Crippen LogP contribution in [-0.2, 0) is 14.3 Å². The molecule has 0 fully saturated rings. The Bertz CT molecular complexity index is 277. The molecule has 16 heavy (non-hydrogen) atoms. The molecule has 0 aromatic rings. The van der Waals surface area contributed by atoms with E-state index in [-0.39, 0.29) is 18.9 Å². The van der Waals surface area contributed by atoms with Crippen LogP contribution >= 0.6 is 0 Å². The number of carboxylic acids is 1. The zero-order valence-electron chi connectivity index (χ0n) is 9.23. The van der Waals surface area contributed by atoms with Crippen LogP contribution in [0.1, 0.15) is 26.7 Å². The molecule has 0 unspecified atom stereocenters. The molecule has 7 heteroatoms. The number of carboxylic acid groups (broad SMARTS) is 1. The lowest BCUT2D eigenvalue weighted by molar-refractivity contribution is -0.139. The minimum Gasteiger partial charge on any atom is -0.480 e. The second-order valence-corrected chi connectivity index (χ2v) is 3.49. The van der Waals surface area contributed by atoms with Crippen molar-refractivity contribution in [2.75, 3.05) is 0 Å². The van der Waals surface area contributed by atoms with Crippen LogP contribution in [0.4, 0.5) is 4.79 Å². The van der Waals surface area contributed by atoms with Gasteiger partial charge in [0.1, 0.15) is 6.04 Å². The highest BCUT2D eigenvalue weighted by molar-refractivity contribution is 5.81. The molecule has 0 aromatic heterocycles. The third kappa shape index (κ3) is 6.63. The number of aliphatic carboxylic acids is 1. The molecule has 0 spiro atoms. The van der Waals surface area contributed by atoms with Crippen LogP contribution in [0.2, 0.25) is 0 Å². The Labute approximate surface area is 92.9 Å². The van der Waals surface area contributed by atoms with Crippen molar-refractivity contribution in [1.29, 1.82) is 0 Å². The molecule has 0 aromatic carbocycles. The lowest BCUT2D eigenvalue weighted by Crippen LogP contribution is -2.42. The Hall–Kier alpha value is -1.79. The summed E-state index contributed by atoms with van der Waals surface area (Å²) < 4.78 is 4.71. The summed E-state index contributed by atoms with van der Waals surface area (Å²) in [5, 5.41) is 10.9. The first-order valence-corrected chi connectivity index (χ1v) is 4.81. The maximum Gasteiger partial charge on any atom is 0.408 e. The number of nitrogens with two attached hydrogens (primary N) is 1. The standard InChI is InChI=1S/C9H16N2O5/c1-5(2)16-9(15)11-6(8(13)14)3-4-7(10)12/h5-6H,3-4H2,1-2H3,(H2,10,12)(H,11,15)(H,13,14)/t6-/m1/s1. The highest BCUT2D eigenvalue weighted by atomic mass is 16.6. The Kier molecular flexibility index (Phi) is 5.91. The fourth-order valence-corrected chi connectivity index (χ4v) is 0.934. The van der Waals surface area contributed by atoms with E-state index in [9.17, 15) is 14.4 Å². The summed E-state index contributed by atoms with van der Waals surface area (Å²) in [5.74, 6) is -1.85. The van der Waals surface area contributed by atoms with Crippen LogP contribution in [-0.4, -0.2) is 35.2 Å². The zero-order chi connectivity index (χ0) is 12.7. The Morgan fingerprint density at radius 2 is 1.94 bits per heavy atom. The Balaban J connectivity index is 4.17. The van der Waals surface area contributed by atoms with E-state index in [0.29, 0.717) is 0 Å². The molecule has 0 bridgehead atoms. The van der Waals surface area contributed by atoms with Gasteiger partial charge in [0.2, 0.25) is 5.91 Å². The molecule has 7 nitrogen and oxygen atoms in total. The van der Waals surface area contributed by atoms with E-state index in [1.54, 1.807) is 13.8 Å². The van der Waals surface area contributed by atoms with Gasteiger partial charge in [0.15, 0.2) is 0 Å². The Morgan fingerprint density at radius 1 is 1.38 bits per heavy atom. The molecule has 1 atom stereocenters. The van der Waals surface area contributed by atoms with Gasteiger partial charge in [-0.2, -0.15) is 0 Å². The van der Waals surface area contributed by atoms with Crippen LogP contribution in [0.3, 0.4) is 0 Å². The molecule has 0 rings (SSSR count). The maximum atomic E-state index is 11.1. The minimum atomic E-state index is -1.23. The SMILES string of the molecule is CC(C)OC(=O)N[C@H](CCC(N)=O)C(=O)O. The van der Waals surface area contributed by atoms with Gasteiger partial charge in [-0.3, -0.25) is 4.79 Å². The summed E-state index contributed by atoms with van der Waals surface area (Å²) in [5.41, 5.74) is 4.88. The van der Waals surface area contributed by atoms with Gasteiger partial charge >= 0.3 is 12.1 Å². The smallest absolute Gasteiger partial charge is 0.408 e. The summed E-state index contributed by atoms with van der Waals surface area (Å²) in [7, 11) is 0. The molecular weight excluding hydrogens is 216 g/mol. The van der Waals surface area contributed by atoms with Gasteiger partial charge in [0.05, 0.1) is 6.10 Å². The maximum absolute atomic E-state index is 11.1. The van der Waals surface area contributed by atoms with Crippen molar-refractivity contribution in [1.82, 2.24) is 5.32 Å². The van der Waals surface area contributed by atoms with Gasteiger partial charge in [-0.15, -0.1) is 0 Å². The van der Waals surface area contributed by atoms with E-state index >= 15 is 0 Å². The quantitative estimate of drug-likeness (QED) is 0.588. The van der Waals surface area contributed by atoms with Crippen molar-refractivity contribution >= 4 is 18.0 Å². The minimum absolute atomic E-state index is 0.0577. The monoisotopic (exact) mass is 232 g/mol. The summed E-state index contributed by atoms with van der Waals surface area (Å²) in [4.78, 5) is 32.3. The lowest BCUT2D eigenvalue weighted by atomic mass is 10.1. The number of hydrogen-bond acceptors (Lipinski definition) is 4. The number of rotatable bonds is 6. The molecular formula is C9H16N2O5. The predicted molar refractivity (Wildman–Crippen MR) is 54.6 cm³/mol. The zero-order valence-corrected chi connectivity index (χ0v) is 9.23. The highest BCUT2D eigenvalue weighted by Gasteiger charge is 2.21. The van der Waals surface area contributed by atoms with E-state index in [4.69, 9.17) is 15.6 Å². The Morgan fingerprint density at radius 3 is 2.31 bits per heavy atom. The third-order valence-corrected chi connectivity index (χ3v) is 1.61. The molecule has 0 aliphatic carbocycles. The number of alkyl carbamates (subject to hydrolysis) is 1. The molecule has 4 N–H and O–H groups in total. The molecule has 0 heterocycles. The van der Waals surface area contributed by atoms with Crippen LogP contribution in [0.5, 0.6) is 0 Å². The second kappa shape index (κ2) is 6.65. The van der Waals surface area contributed by atoms with Crippen LogP contribution in [0, 0.1) is 0 Å². The van der Waals surface area contributed by atoms with Gasteiger partial charge in [-0.05, 0) is 20.3 Å². The molecule has 0 aliphatic heterocycles. The number of ether oxygens (including phenoxy) is 1. The van der Waals surface area contributed by atoms with Crippen molar-refractivity contribution in [3.8, 4) is 0 Å². The second-order valence-electron chi connectivity index (χ2n) is 3.49. The summed E-state index contributed by atoms with van der Waals surface area (Å²) in [6.07, 6.45) is -1.34. The number of nitrogens with one attached hydrogen (secondary N) is 1. The summed E-state index contributed by atoms with van der Waals surface area (Å²) in [6.45, 7) is 3.28. The average molecular weight is 232 g/mol. The van der Waals surface area contributed by atoms with E-state index in [1.165, 1.54) is 0 Å². The van der Waals surface area contributed by atoms with E-state index in [0.717, 1.165) is 0 Å². The average Bonchev–Trinajstić information content (AvgIpc) is 2.09. The van der Waals surface area contributed by atoms with Crippen molar-refractivity contribution < 1.29 is 24.2 Å². The van der Waals surface area contributed by atoms with Crippen LogP contribution in [0.25, 0.3) is 0 Å². The largest absolute Gasteiger partial charge is 0.480 e. The topological polar surface area (TPSA) is 119 Å². The fraction of sp³-hybridized carbons (Fsp3) is 0.667. The van der Waals surface area contributed by atoms with Crippen molar-refractivity contribution in [2.45, 2.75) is 38.8 Å². The molecule has 0 radical (unpaired) electrons. The van der Waals surface area contributed by atoms with Crippen LogP contribution in [0.15, 0.2) is 0 Å². The van der Waals surface area contributed by atoms with E-state index in [2.05, 4.69) is 5.32 Å². The van der Waals surface area contributed by atoms with E-state index < -0.39 is 24.0 Å². The lowest BCUT2D eigenvalue weighted by Gasteiger charge is -2.15. The van der Waals surface area contributed by atoms with Gasteiger partial charge in [0.25, 0.3) is 0 Å². The number of carbonyl (C=O) groups excluding carboxylic acids is 2. The summed E-state index contributed by atoms with van der Waals surface area (Å²) >= 11 is 0. The van der Waals surface area contributed by atoms with Gasteiger partial charge < -0.3 is 20.9 Å². The van der Waals surface area contributed by atoms with Crippen molar-refractivity contribution in [3.05, 3.63) is 0 Å². The predicted octanol–water partition coefficient (Wildman–Crippen LogP) is -0.160. The van der Waals surface area contributed by atoms with Crippen molar-refractivity contribution in [3.63, 3.8) is 0 Å². The number of amides is 2. The number of carbonyl (C=O) groups is 3. The normalized spacial score (nSPS) is 11.9. The first kappa shape index (κ1) is 14.2. The van der Waals surface area contributed by atoms with E-state index in [1.807, 2.05) is 0 Å². The molecule has 92 valence electrons. The molecule has 0 aliphatic rings. The fourth-order valence-electron chi connectivity index (χ4n) is 0.934. The molecule has 0 saturated carbocycles. The molecule has 0 saturated heterocycles. The number of primary amides is 1. The third-order valence-electron chi connectivity index (χ3n) is 1.61. The molecule has 2 amide bonds. The first-order chi connectivity index (χ1) is 7.32. The van der Waals surface area contributed by atoms with Gasteiger partial charge in [-0.1, -0.05) is 0 Å². The number of hydrogen-bond donors (Lipinski definition) is 3. The van der Waals surface area contributed by atoms with Crippen LogP contribution < -0.4 is 11.1 Å². The van der Waals surface area contributed by atoms with Gasteiger partial charge in [0, 0.05) is 6.42 Å². The summed E-state index contributed by atoms with van der Waals surface area (Å²) in [6, 6.07) is -1.17.